The molecule has 0 bridgehead atoms. The Labute approximate surface area is 605 Å². The second kappa shape index (κ2) is 72.5. The van der Waals surface area contributed by atoms with Crippen LogP contribution >= 0.6 is 15.6 Å². The Hall–Kier alpha value is -4.80. The molecule has 0 spiro atoms. The van der Waals surface area contributed by atoms with E-state index in [4.69, 9.17) is 37.0 Å². The molecule has 5 unspecified atom stereocenters. The van der Waals surface area contributed by atoms with Crippen molar-refractivity contribution in [1.82, 2.24) is 0 Å². The van der Waals surface area contributed by atoms with E-state index in [0.717, 1.165) is 218 Å². The Morgan fingerprint density at radius 3 is 0.800 bits per heavy atom. The van der Waals surface area contributed by atoms with Gasteiger partial charge in [0.25, 0.3) is 0 Å². The number of aliphatic hydroxyl groups is 1. The molecule has 0 fully saturated rings. The van der Waals surface area contributed by atoms with Crippen LogP contribution < -0.4 is 0 Å². The van der Waals surface area contributed by atoms with E-state index in [1.165, 1.54) is 0 Å². The lowest BCUT2D eigenvalue weighted by Gasteiger charge is -2.21. The Morgan fingerprint density at radius 1 is 0.290 bits per heavy atom. The molecule has 0 aliphatic carbocycles. The highest BCUT2D eigenvalue weighted by Crippen LogP contribution is 2.45. The molecule has 0 saturated carbocycles. The van der Waals surface area contributed by atoms with Gasteiger partial charge in [-0.3, -0.25) is 37.3 Å². The predicted molar refractivity (Wildman–Crippen MR) is 408 cm³/mol. The van der Waals surface area contributed by atoms with E-state index >= 15 is 0 Å². The molecule has 100 heavy (non-hydrogen) atoms. The van der Waals surface area contributed by atoms with Gasteiger partial charge in [0.15, 0.2) is 12.2 Å². The standard InChI is InChI=1S/C81H136O17P2/c1-5-9-13-17-21-25-29-33-35-37-39-43-45-49-53-57-61-65-78(83)91-71-76(97-80(85)67-63-59-55-51-47-41-31-27-23-19-15-11-7-3)73-95-99(87,88)93-69-75(82)70-94-100(89,90)96-74-77(98-81(86)68-64-60-56-52-48-42-32-28-24-20-16-12-8-4)72-92-79(84)66-62-58-54-50-46-44-40-38-36-34-30-26-22-18-14-10-6-2/h9-10,13-16,19-22,25-28,31-36,39,43,75-77,82H,5-8,11-12,17-18,23-24,29-30,37-38,40-42,44-74H2,1-4H3,(H,87,88)(H,89,90)/b13-9-,14-10-,19-15-,20-16-,25-21-,26-22-,31-27-,32-28-,35-33-,36-34-,43-39-. The van der Waals surface area contributed by atoms with Crippen LogP contribution in [0.3, 0.4) is 0 Å². The van der Waals surface area contributed by atoms with Gasteiger partial charge in [0.2, 0.25) is 0 Å². The molecular formula is C81H136O17P2. The fraction of sp³-hybridized carbons (Fsp3) is 0.679. The van der Waals surface area contributed by atoms with E-state index < -0.39 is 97.5 Å². The lowest BCUT2D eigenvalue weighted by molar-refractivity contribution is -0.161. The molecule has 0 aromatic rings. The van der Waals surface area contributed by atoms with Crippen molar-refractivity contribution in [3.05, 3.63) is 134 Å². The Kier molecular flexibility index (Phi) is 69.1. The zero-order valence-electron chi connectivity index (χ0n) is 62.3. The first-order valence-corrected chi connectivity index (χ1v) is 41.4. The molecule has 17 nitrogen and oxygen atoms in total. The van der Waals surface area contributed by atoms with Crippen LogP contribution in [0.2, 0.25) is 0 Å². The van der Waals surface area contributed by atoms with Gasteiger partial charge in [-0.15, -0.1) is 0 Å². The third kappa shape index (κ3) is 71.6. The monoisotopic (exact) mass is 1440 g/mol. The molecule has 0 saturated heterocycles. The second-order valence-electron chi connectivity index (χ2n) is 25.2. The minimum atomic E-state index is -4.99. The quantitative estimate of drug-likeness (QED) is 0.0169. The number of hydrogen-bond acceptors (Lipinski definition) is 15. The maximum atomic E-state index is 13.1. The highest BCUT2D eigenvalue weighted by molar-refractivity contribution is 7.47. The zero-order chi connectivity index (χ0) is 73.2. The molecule has 3 N–H and O–H groups in total. The summed E-state index contributed by atoms with van der Waals surface area (Å²) < 4.78 is 68.5. The van der Waals surface area contributed by atoms with Crippen molar-refractivity contribution >= 4 is 39.5 Å². The van der Waals surface area contributed by atoms with Crippen molar-refractivity contribution in [2.45, 2.75) is 316 Å². The maximum Gasteiger partial charge on any atom is 0.472 e. The Balaban J connectivity index is 5.38. The summed E-state index contributed by atoms with van der Waals surface area (Å²) in [5, 5.41) is 10.6. The average Bonchev–Trinajstić information content (AvgIpc) is 0.943. The van der Waals surface area contributed by atoms with Gasteiger partial charge in [-0.2, -0.15) is 0 Å². The molecule has 572 valence electrons. The minimum Gasteiger partial charge on any atom is -0.462 e. The van der Waals surface area contributed by atoms with Crippen molar-refractivity contribution in [2.24, 2.45) is 0 Å². The number of esters is 4. The Morgan fingerprint density at radius 2 is 0.520 bits per heavy atom. The van der Waals surface area contributed by atoms with Crippen LogP contribution in [-0.2, 0) is 65.4 Å². The summed E-state index contributed by atoms with van der Waals surface area (Å²) in [7, 11) is -9.97. The smallest absolute Gasteiger partial charge is 0.462 e. The van der Waals surface area contributed by atoms with Crippen molar-refractivity contribution in [3.63, 3.8) is 0 Å². The zero-order valence-corrected chi connectivity index (χ0v) is 64.1. The van der Waals surface area contributed by atoms with Crippen molar-refractivity contribution in [3.8, 4) is 0 Å². The Bertz CT molecular complexity index is 2420. The molecule has 0 aliphatic rings. The van der Waals surface area contributed by atoms with E-state index in [1.807, 2.05) is 0 Å². The van der Waals surface area contributed by atoms with Crippen LogP contribution in [0.5, 0.6) is 0 Å². The number of rotatable bonds is 71. The number of carbonyl (C=O) groups is 4. The summed E-state index contributed by atoms with van der Waals surface area (Å²) in [4.78, 5) is 72.9. The number of phosphoric ester groups is 2. The van der Waals surface area contributed by atoms with E-state index in [2.05, 4.69) is 161 Å². The number of allylic oxidation sites excluding steroid dienone is 22. The molecule has 0 aromatic carbocycles. The topological polar surface area (TPSA) is 237 Å². The number of aliphatic hydroxyl groups excluding tert-OH is 1. The first-order valence-electron chi connectivity index (χ1n) is 38.4. The summed E-state index contributed by atoms with van der Waals surface area (Å²) in [6, 6.07) is 0. The van der Waals surface area contributed by atoms with E-state index in [0.29, 0.717) is 25.7 Å². The van der Waals surface area contributed by atoms with Crippen molar-refractivity contribution in [2.75, 3.05) is 39.6 Å². The average molecular weight is 1440 g/mol. The lowest BCUT2D eigenvalue weighted by atomic mass is 10.1. The normalized spacial score (nSPS) is 14.7. The second-order valence-corrected chi connectivity index (χ2v) is 28.1. The van der Waals surface area contributed by atoms with E-state index in [-0.39, 0.29) is 25.7 Å². The molecule has 0 amide bonds. The number of ether oxygens (including phenoxy) is 4. The maximum absolute atomic E-state index is 13.1. The molecule has 19 heteroatoms. The summed E-state index contributed by atoms with van der Waals surface area (Å²) in [5.41, 5.74) is 0. The third-order valence-electron chi connectivity index (χ3n) is 15.5. The number of phosphoric acid groups is 2. The minimum absolute atomic E-state index is 0.0696. The first-order chi connectivity index (χ1) is 48.7. The third-order valence-corrected chi connectivity index (χ3v) is 17.4. The summed E-state index contributed by atoms with van der Waals surface area (Å²) in [5.74, 6) is -2.24. The van der Waals surface area contributed by atoms with Crippen molar-refractivity contribution < 1.29 is 80.2 Å². The number of unbranched alkanes of at least 4 members (excludes halogenated alkanes) is 23. The van der Waals surface area contributed by atoms with Gasteiger partial charge in [-0.05, 0) is 148 Å². The predicted octanol–water partition coefficient (Wildman–Crippen LogP) is 22.1. The molecule has 0 radical (unpaired) electrons. The fourth-order valence-corrected chi connectivity index (χ4v) is 11.4. The van der Waals surface area contributed by atoms with Gasteiger partial charge < -0.3 is 33.8 Å². The van der Waals surface area contributed by atoms with Gasteiger partial charge in [-0.1, -0.05) is 258 Å². The van der Waals surface area contributed by atoms with Crippen molar-refractivity contribution in [1.29, 1.82) is 0 Å². The molecular weight excluding hydrogens is 1310 g/mol. The molecule has 5 atom stereocenters. The largest absolute Gasteiger partial charge is 0.472 e. The summed E-state index contributed by atoms with van der Waals surface area (Å²) >= 11 is 0. The van der Waals surface area contributed by atoms with Crippen LogP contribution in [0.15, 0.2) is 134 Å². The molecule has 0 rings (SSSR count). The van der Waals surface area contributed by atoms with Gasteiger partial charge in [-0.25, -0.2) is 9.13 Å². The highest BCUT2D eigenvalue weighted by atomic mass is 31.2. The molecule has 0 heterocycles. The van der Waals surface area contributed by atoms with Crippen LogP contribution in [-0.4, -0.2) is 96.7 Å². The van der Waals surface area contributed by atoms with Crippen LogP contribution in [0, 0.1) is 0 Å². The van der Waals surface area contributed by atoms with Gasteiger partial charge in [0.1, 0.15) is 19.3 Å². The molecule has 0 aromatic heterocycles. The fourth-order valence-electron chi connectivity index (χ4n) is 9.77. The number of hydrogen-bond donors (Lipinski definition) is 3. The lowest BCUT2D eigenvalue weighted by Crippen LogP contribution is -2.30. The van der Waals surface area contributed by atoms with Gasteiger partial charge >= 0.3 is 39.5 Å². The van der Waals surface area contributed by atoms with E-state index in [9.17, 15) is 43.2 Å². The van der Waals surface area contributed by atoms with E-state index in [1.54, 1.807) is 0 Å². The highest BCUT2D eigenvalue weighted by Gasteiger charge is 2.30. The molecule has 0 aliphatic heterocycles. The first kappa shape index (κ1) is 95.2. The van der Waals surface area contributed by atoms with Crippen LogP contribution in [0.25, 0.3) is 0 Å². The SMILES string of the molecule is CC/C=C\C/C=C\C/C=C\C/C=C\CCCCCCC(=O)OCC(COP(=O)(O)OCC(O)COP(=O)(O)OCC(COC(=O)CCCCCCCCC/C=C\C/C=C\C/C=C\CC)OC(=O)CCCCCCC/C=C\C/C=C\CCC)OC(=O)CCCCCCC/C=C\C/C=C\CCC. The number of carbonyl (C=O) groups excluding carboxylic acids is 4. The summed E-state index contributed by atoms with van der Waals surface area (Å²) in [6.07, 6.45) is 80.1. The van der Waals surface area contributed by atoms with Crippen LogP contribution in [0.4, 0.5) is 0 Å². The summed E-state index contributed by atoms with van der Waals surface area (Å²) in [6.45, 7) is 4.45. The van der Waals surface area contributed by atoms with Gasteiger partial charge in [0.05, 0.1) is 26.4 Å². The van der Waals surface area contributed by atoms with Crippen LogP contribution in [0.1, 0.15) is 297 Å². The van der Waals surface area contributed by atoms with Gasteiger partial charge in [0, 0.05) is 25.7 Å².